The minimum Gasteiger partial charge on any atom is -0.338 e. The Hall–Kier alpha value is -3.80. The molecule has 2 aromatic heterocycles. The molecule has 0 aliphatic heterocycles. The number of hydrazone groups is 1. The Morgan fingerprint density at radius 2 is 1.93 bits per heavy atom. The lowest BCUT2D eigenvalue weighted by Gasteiger charge is -2.01. The van der Waals surface area contributed by atoms with Crippen LogP contribution in [-0.4, -0.2) is 27.1 Å². The number of imidazole rings is 1. The largest absolute Gasteiger partial charge is 0.338 e. The van der Waals surface area contributed by atoms with Crippen molar-refractivity contribution in [2.45, 2.75) is 6.92 Å². The molecular weight excluding hydrogens is 338 g/mol. The van der Waals surface area contributed by atoms with Crippen molar-refractivity contribution < 1.29 is 4.79 Å². The molecule has 4 aromatic rings. The van der Waals surface area contributed by atoms with E-state index in [0.717, 1.165) is 28.0 Å². The molecule has 0 aliphatic carbocycles. The molecule has 0 bridgehead atoms. The van der Waals surface area contributed by atoms with E-state index in [9.17, 15) is 4.79 Å². The highest BCUT2D eigenvalue weighted by Crippen LogP contribution is 2.22. The van der Waals surface area contributed by atoms with E-state index in [4.69, 9.17) is 0 Å². The van der Waals surface area contributed by atoms with Gasteiger partial charge in [0.1, 0.15) is 5.82 Å². The van der Waals surface area contributed by atoms with Gasteiger partial charge in [-0.3, -0.25) is 9.78 Å². The molecule has 6 nitrogen and oxygen atoms in total. The first-order valence-electron chi connectivity index (χ1n) is 8.51. The molecule has 1 amide bonds. The van der Waals surface area contributed by atoms with Gasteiger partial charge in [0.25, 0.3) is 5.91 Å². The Balaban J connectivity index is 1.48. The molecule has 2 N–H and O–H groups in total. The van der Waals surface area contributed by atoms with Crippen LogP contribution in [0.3, 0.4) is 0 Å². The van der Waals surface area contributed by atoms with Crippen molar-refractivity contribution in [1.82, 2.24) is 20.4 Å². The Morgan fingerprint density at radius 3 is 2.67 bits per heavy atom. The summed E-state index contributed by atoms with van der Waals surface area (Å²) in [5, 5.41) is 3.93. The normalized spacial score (nSPS) is 11.1. The second kappa shape index (κ2) is 7.21. The summed E-state index contributed by atoms with van der Waals surface area (Å²) in [6.07, 6.45) is 3.17. The number of benzene rings is 2. The van der Waals surface area contributed by atoms with E-state index in [2.05, 4.69) is 25.5 Å². The molecule has 6 heteroatoms. The highest BCUT2D eigenvalue weighted by Gasteiger charge is 2.09. The zero-order valence-corrected chi connectivity index (χ0v) is 14.7. The van der Waals surface area contributed by atoms with Gasteiger partial charge in [-0.15, -0.1) is 0 Å². The molecule has 132 valence electrons. The Labute approximate surface area is 156 Å². The van der Waals surface area contributed by atoms with E-state index in [1.54, 1.807) is 24.4 Å². The molecular formula is C21H17N5O. The zero-order valence-electron chi connectivity index (χ0n) is 14.7. The lowest BCUT2D eigenvalue weighted by atomic mass is 10.1. The van der Waals surface area contributed by atoms with Crippen LogP contribution in [0.5, 0.6) is 0 Å². The average molecular weight is 355 g/mol. The summed E-state index contributed by atoms with van der Waals surface area (Å²) in [6.45, 7) is 2.03. The van der Waals surface area contributed by atoms with Crippen LogP contribution >= 0.6 is 0 Å². The fraction of sp³-hybridized carbons (Fsp3) is 0.0476. The lowest BCUT2D eigenvalue weighted by Crippen LogP contribution is -2.17. The van der Waals surface area contributed by atoms with Crippen LogP contribution in [0.2, 0.25) is 0 Å². The lowest BCUT2D eigenvalue weighted by molar-refractivity contribution is 0.0955. The minimum absolute atomic E-state index is 0.283. The van der Waals surface area contributed by atoms with Crippen LogP contribution in [-0.2, 0) is 0 Å². The maximum Gasteiger partial charge on any atom is 0.271 e. The number of rotatable bonds is 4. The Morgan fingerprint density at radius 1 is 1.07 bits per heavy atom. The minimum atomic E-state index is -0.283. The van der Waals surface area contributed by atoms with Gasteiger partial charge < -0.3 is 4.98 Å². The van der Waals surface area contributed by atoms with Crippen LogP contribution in [0.25, 0.3) is 22.4 Å². The Bertz CT molecular complexity index is 1110. The highest BCUT2D eigenvalue weighted by molar-refractivity contribution is 5.95. The molecule has 0 radical (unpaired) electrons. The third-order valence-corrected chi connectivity index (χ3v) is 4.19. The van der Waals surface area contributed by atoms with Gasteiger partial charge in [-0.2, -0.15) is 5.10 Å². The fourth-order valence-corrected chi connectivity index (χ4v) is 2.77. The van der Waals surface area contributed by atoms with Gasteiger partial charge in [0, 0.05) is 17.3 Å². The van der Waals surface area contributed by atoms with E-state index in [0.29, 0.717) is 11.3 Å². The number of hydrogen-bond donors (Lipinski definition) is 2. The van der Waals surface area contributed by atoms with Crippen molar-refractivity contribution in [2.24, 2.45) is 5.10 Å². The summed E-state index contributed by atoms with van der Waals surface area (Å²) >= 11 is 0. The second-order valence-electron chi connectivity index (χ2n) is 6.09. The number of carbonyl (C=O) groups excluding carboxylic acids is 1. The molecule has 0 aliphatic rings. The number of aromatic nitrogens is 3. The van der Waals surface area contributed by atoms with Crippen LogP contribution in [0.15, 0.2) is 72.0 Å². The molecule has 0 atom stereocenters. The van der Waals surface area contributed by atoms with Crippen molar-refractivity contribution in [2.75, 3.05) is 0 Å². The van der Waals surface area contributed by atoms with Gasteiger partial charge in [-0.05, 0) is 42.8 Å². The summed E-state index contributed by atoms with van der Waals surface area (Å²) in [5.41, 5.74) is 7.69. The van der Waals surface area contributed by atoms with E-state index < -0.39 is 0 Å². The molecule has 4 rings (SSSR count). The quantitative estimate of drug-likeness (QED) is 0.432. The number of aromatic amines is 1. The third-order valence-electron chi connectivity index (χ3n) is 4.19. The van der Waals surface area contributed by atoms with Crippen molar-refractivity contribution in [3.05, 3.63) is 83.7 Å². The molecule has 0 saturated heterocycles. The molecule has 2 aromatic carbocycles. The van der Waals surface area contributed by atoms with Gasteiger partial charge in [-0.25, -0.2) is 10.4 Å². The van der Waals surface area contributed by atoms with E-state index >= 15 is 0 Å². The number of H-pyrrole nitrogens is 1. The van der Waals surface area contributed by atoms with Gasteiger partial charge >= 0.3 is 0 Å². The number of aryl methyl sites for hydroxylation is 1. The van der Waals surface area contributed by atoms with Gasteiger partial charge in [-0.1, -0.05) is 30.3 Å². The maximum absolute atomic E-state index is 12.2. The fourth-order valence-electron chi connectivity index (χ4n) is 2.77. The van der Waals surface area contributed by atoms with Crippen LogP contribution in [0, 0.1) is 6.92 Å². The van der Waals surface area contributed by atoms with Crippen LogP contribution < -0.4 is 5.43 Å². The number of amides is 1. The van der Waals surface area contributed by atoms with Crippen molar-refractivity contribution in [3.63, 3.8) is 0 Å². The number of para-hydroxylation sites is 1. The number of carbonyl (C=O) groups is 1. The Kier molecular flexibility index (Phi) is 4.45. The molecule has 27 heavy (non-hydrogen) atoms. The monoisotopic (exact) mass is 355 g/mol. The average Bonchev–Trinajstić information content (AvgIpc) is 3.15. The smallest absolute Gasteiger partial charge is 0.271 e. The van der Waals surface area contributed by atoms with Gasteiger partial charge in [0.15, 0.2) is 0 Å². The summed E-state index contributed by atoms with van der Waals surface area (Å²) in [4.78, 5) is 24.3. The SMILES string of the molecule is Cc1cccc2[nH]c(-c3ccc(C(=O)N/N=C/c4ccccn4)cc3)nc12. The first-order valence-corrected chi connectivity index (χ1v) is 8.51. The molecule has 2 heterocycles. The first kappa shape index (κ1) is 16.7. The van der Waals surface area contributed by atoms with Gasteiger partial charge in [0.05, 0.1) is 22.9 Å². The predicted molar refractivity (Wildman–Crippen MR) is 106 cm³/mol. The highest BCUT2D eigenvalue weighted by atomic mass is 16.2. The predicted octanol–water partition coefficient (Wildman–Crippen LogP) is 3.70. The molecule has 0 fully saturated rings. The molecule has 0 unspecified atom stereocenters. The summed E-state index contributed by atoms with van der Waals surface area (Å²) in [6, 6.07) is 18.7. The van der Waals surface area contributed by atoms with E-state index in [1.807, 2.05) is 49.4 Å². The van der Waals surface area contributed by atoms with Crippen molar-refractivity contribution in [1.29, 1.82) is 0 Å². The maximum atomic E-state index is 12.2. The number of fused-ring (bicyclic) bond motifs is 1. The van der Waals surface area contributed by atoms with E-state index in [1.165, 1.54) is 6.21 Å². The summed E-state index contributed by atoms with van der Waals surface area (Å²) in [7, 11) is 0. The van der Waals surface area contributed by atoms with Crippen LogP contribution in [0.1, 0.15) is 21.6 Å². The summed E-state index contributed by atoms with van der Waals surface area (Å²) in [5.74, 6) is 0.494. The van der Waals surface area contributed by atoms with Crippen molar-refractivity contribution >= 4 is 23.2 Å². The molecule has 0 saturated carbocycles. The molecule has 0 spiro atoms. The van der Waals surface area contributed by atoms with Crippen molar-refractivity contribution in [3.8, 4) is 11.4 Å². The summed E-state index contributed by atoms with van der Waals surface area (Å²) < 4.78 is 0. The third kappa shape index (κ3) is 3.59. The van der Waals surface area contributed by atoms with Gasteiger partial charge in [0.2, 0.25) is 0 Å². The van der Waals surface area contributed by atoms with Crippen LogP contribution in [0.4, 0.5) is 0 Å². The first-order chi connectivity index (χ1) is 13.2. The number of pyridine rings is 1. The number of nitrogens with zero attached hydrogens (tertiary/aromatic N) is 3. The zero-order chi connectivity index (χ0) is 18.6. The van der Waals surface area contributed by atoms with E-state index in [-0.39, 0.29) is 5.91 Å². The number of hydrogen-bond acceptors (Lipinski definition) is 4. The standard InChI is InChI=1S/C21H17N5O/c1-14-5-4-7-18-19(14)25-20(24-18)15-8-10-16(11-9-15)21(27)26-23-13-17-6-2-3-12-22-17/h2-13H,1H3,(H,24,25)(H,26,27)/b23-13+. The number of nitrogens with one attached hydrogen (secondary N) is 2. The second-order valence-corrected chi connectivity index (χ2v) is 6.09. The topological polar surface area (TPSA) is 83.0 Å².